The molecule has 0 aromatic heterocycles. The minimum absolute atomic E-state index is 0.0501. The van der Waals surface area contributed by atoms with Gasteiger partial charge in [-0.3, -0.25) is 0 Å². The van der Waals surface area contributed by atoms with Gasteiger partial charge in [0.2, 0.25) is 0 Å². The first kappa shape index (κ1) is 12.5. The molecule has 0 aromatic carbocycles. The summed E-state index contributed by atoms with van der Waals surface area (Å²) in [5.74, 6) is 0. The van der Waals surface area contributed by atoms with Crippen LogP contribution < -0.4 is 5.32 Å². The summed E-state index contributed by atoms with van der Waals surface area (Å²) >= 11 is 0. The molecule has 0 aliphatic heterocycles. The SMILES string of the molecule is CC(C)(C#N)CCNC1(CO)CCCC1. The summed E-state index contributed by atoms with van der Waals surface area (Å²) < 4.78 is 0. The van der Waals surface area contributed by atoms with Crippen molar-refractivity contribution in [3.05, 3.63) is 0 Å². The molecule has 3 nitrogen and oxygen atoms in total. The fourth-order valence-corrected chi connectivity index (χ4v) is 2.14. The molecule has 86 valence electrons. The summed E-state index contributed by atoms with van der Waals surface area (Å²) in [5.41, 5.74) is -0.312. The summed E-state index contributed by atoms with van der Waals surface area (Å²) in [7, 11) is 0. The van der Waals surface area contributed by atoms with E-state index >= 15 is 0 Å². The van der Waals surface area contributed by atoms with E-state index in [0.717, 1.165) is 25.8 Å². The van der Waals surface area contributed by atoms with Gasteiger partial charge in [-0.1, -0.05) is 12.8 Å². The molecule has 3 heteroatoms. The van der Waals surface area contributed by atoms with Gasteiger partial charge in [0, 0.05) is 5.54 Å². The molecule has 2 N–H and O–H groups in total. The van der Waals surface area contributed by atoms with E-state index < -0.39 is 0 Å². The lowest BCUT2D eigenvalue weighted by Gasteiger charge is -2.29. The number of nitrogens with zero attached hydrogens (tertiary/aromatic N) is 1. The fraction of sp³-hybridized carbons (Fsp3) is 0.917. The topological polar surface area (TPSA) is 56.0 Å². The van der Waals surface area contributed by atoms with Crippen molar-refractivity contribution in [3.63, 3.8) is 0 Å². The van der Waals surface area contributed by atoms with Crippen molar-refractivity contribution in [2.24, 2.45) is 5.41 Å². The lowest BCUT2D eigenvalue weighted by atomic mass is 9.90. The van der Waals surface area contributed by atoms with Crippen molar-refractivity contribution in [2.75, 3.05) is 13.2 Å². The number of hydrogen-bond donors (Lipinski definition) is 2. The first-order valence-corrected chi connectivity index (χ1v) is 5.81. The van der Waals surface area contributed by atoms with E-state index in [1.807, 2.05) is 13.8 Å². The van der Waals surface area contributed by atoms with Crippen LogP contribution in [0.3, 0.4) is 0 Å². The van der Waals surface area contributed by atoms with Gasteiger partial charge in [-0.2, -0.15) is 5.26 Å². The van der Waals surface area contributed by atoms with Crippen LogP contribution in [-0.4, -0.2) is 23.8 Å². The average Bonchev–Trinajstić information content (AvgIpc) is 2.67. The summed E-state index contributed by atoms with van der Waals surface area (Å²) in [6.45, 7) is 4.95. The lowest BCUT2D eigenvalue weighted by molar-refractivity contribution is 0.161. The predicted octanol–water partition coefficient (Wildman–Crippen LogP) is 1.82. The van der Waals surface area contributed by atoms with Crippen LogP contribution in [0.2, 0.25) is 0 Å². The summed E-state index contributed by atoms with van der Waals surface area (Å²) in [6.07, 6.45) is 5.38. The quantitative estimate of drug-likeness (QED) is 0.727. The Kier molecular flexibility index (Phi) is 4.12. The molecule has 0 radical (unpaired) electrons. The lowest BCUT2D eigenvalue weighted by Crippen LogP contribution is -2.47. The van der Waals surface area contributed by atoms with Gasteiger partial charge in [-0.25, -0.2) is 0 Å². The standard InChI is InChI=1S/C12H22N2O/c1-11(2,9-13)7-8-14-12(10-15)5-3-4-6-12/h14-15H,3-8,10H2,1-2H3. The minimum Gasteiger partial charge on any atom is -0.394 e. The van der Waals surface area contributed by atoms with E-state index in [0.29, 0.717) is 0 Å². The minimum atomic E-state index is -0.262. The Hall–Kier alpha value is -0.590. The Labute approximate surface area is 92.5 Å². The van der Waals surface area contributed by atoms with E-state index in [2.05, 4.69) is 11.4 Å². The van der Waals surface area contributed by atoms with Crippen LogP contribution in [0.5, 0.6) is 0 Å². The predicted molar refractivity (Wildman–Crippen MR) is 60.3 cm³/mol. The van der Waals surface area contributed by atoms with Gasteiger partial charge in [-0.15, -0.1) is 0 Å². The maximum Gasteiger partial charge on any atom is 0.0684 e. The van der Waals surface area contributed by atoms with Gasteiger partial charge in [-0.05, 0) is 39.7 Å². The number of rotatable bonds is 5. The largest absolute Gasteiger partial charge is 0.394 e. The third-order valence-electron chi connectivity index (χ3n) is 3.42. The van der Waals surface area contributed by atoms with E-state index in [-0.39, 0.29) is 17.6 Å². The van der Waals surface area contributed by atoms with Gasteiger partial charge in [0.05, 0.1) is 18.1 Å². The van der Waals surface area contributed by atoms with Gasteiger partial charge >= 0.3 is 0 Å². The molecular formula is C12H22N2O. The summed E-state index contributed by atoms with van der Waals surface area (Å²) in [6, 6.07) is 2.29. The third kappa shape index (κ3) is 3.48. The average molecular weight is 210 g/mol. The Bertz CT molecular complexity index is 236. The first-order chi connectivity index (χ1) is 7.04. The van der Waals surface area contributed by atoms with E-state index in [9.17, 15) is 5.11 Å². The molecule has 1 aliphatic carbocycles. The number of nitriles is 1. The molecule has 0 unspecified atom stereocenters. The molecule has 0 heterocycles. The molecule has 1 fully saturated rings. The number of nitrogens with one attached hydrogen (secondary N) is 1. The van der Waals surface area contributed by atoms with Crippen LogP contribution in [0.1, 0.15) is 46.0 Å². The molecule has 0 amide bonds. The highest BCUT2D eigenvalue weighted by Crippen LogP contribution is 2.29. The fourth-order valence-electron chi connectivity index (χ4n) is 2.14. The van der Waals surface area contributed by atoms with Crippen molar-refractivity contribution >= 4 is 0 Å². The Morgan fingerprint density at radius 3 is 2.47 bits per heavy atom. The molecule has 0 bridgehead atoms. The molecule has 1 aliphatic rings. The molecule has 0 saturated heterocycles. The molecule has 15 heavy (non-hydrogen) atoms. The van der Waals surface area contributed by atoms with Crippen molar-refractivity contribution in [2.45, 2.75) is 51.5 Å². The Morgan fingerprint density at radius 1 is 1.40 bits per heavy atom. The van der Waals surface area contributed by atoms with Crippen LogP contribution in [0.4, 0.5) is 0 Å². The number of hydrogen-bond acceptors (Lipinski definition) is 3. The third-order valence-corrected chi connectivity index (χ3v) is 3.42. The maximum atomic E-state index is 9.38. The van der Waals surface area contributed by atoms with Crippen molar-refractivity contribution < 1.29 is 5.11 Å². The smallest absolute Gasteiger partial charge is 0.0684 e. The molecular weight excluding hydrogens is 188 g/mol. The van der Waals surface area contributed by atoms with Crippen molar-refractivity contribution in [1.29, 1.82) is 5.26 Å². The molecule has 0 spiro atoms. The van der Waals surface area contributed by atoms with Crippen LogP contribution in [0.25, 0.3) is 0 Å². The van der Waals surface area contributed by atoms with Crippen molar-refractivity contribution in [3.8, 4) is 6.07 Å². The highest BCUT2D eigenvalue weighted by atomic mass is 16.3. The maximum absolute atomic E-state index is 9.38. The molecule has 1 rings (SSSR count). The molecule has 0 atom stereocenters. The Morgan fingerprint density at radius 2 is 2.00 bits per heavy atom. The zero-order valence-corrected chi connectivity index (χ0v) is 9.84. The highest BCUT2D eigenvalue weighted by molar-refractivity contribution is 4.95. The number of aliphatic hydroxyl groups is 1. The van der Waals surface area contributed by atoms with Gasteiger partial charge in [0.15, 0.2) is 0 Å². The zero-order valence-electron chi connectivity index (χ0n) is 9.84. The Balaban J connectivity index is 2.33. The van der Waals surface area contributed by atoms with Gasteiger partial charge in [0.1, 0.15) is 0 Å². The van der Waals surface area contributed by atoms with E-state index in [1.54, 1.807) is 0 Å². The van der Waals surface area contributed by atoms with Crippen LogP contribution in [0.15, 0.2) is 0 Å². The first-order valence-electron chi connectivity index (χ1n) is 5.81. The van der Waals surface area contributed by atoms with Crippen LogP contribution >= 0.6 is 0 Å². The summed E-state index contributed by atoms with van der Waals surface area (Å²) in [4.78, 5) is 0. The summed E-state index contributed by atoms with van der Waals surface area (Å²) in [5, 5.41) is 21.7. The second-order valence-electron chi connectivity index (χ2n) is 5.32. The monoisotopic (exact) mass is 210 g/mol. The van der Waals surface area contributed by atoms with Gasteiger partial charge < -0.3 is 10.4 Å². The number of aliphatic hydroxyl groups excluding tert-OH is 1. The normalized spacial score (nSPS) is 20.1. The highest BCUT2D eigenvalue weighted by Gasteiger charge is 2.32. The molecule has 1 saturated carbocycles. The van der Waals surface area contributed by atoms with E-state index in [4.69, 9.17) is 5.26 Å². The van der Waals surface area contributed by atoms with Crippen LogP contribution in [-0.2, 0) is 0 Å². The second kappa shape index (κ2) is 4.96. The van der Waals surface area contributed by atoms with Crippen LogP contribution in [0, 0.1) is 16.7 Å². The van der Waals surface area contributed by atoms with Gasteiger partial charge in [0.25, 0.3) is 0 Å². The second-order valence-corrected chi connectivity index (χ2v) is 5.32. The zero-order chi connectivity index (χ0) is 11.4. The van der Waals surface area contributed by atoms with Crippen molar-refractivity contribution in [1.82, 2.24) is 5.32 Å². The molecule has 0 aromatic rings. The van der Waals surface area contributed by atoms with E-state index in [1.165, 1.54) is 12.8 Å².